The van der Waals surface area contributed by atoms with Gasteiger partial charge in [-0.25, -0.2) is 0 Å². The van der Waals surface area contributed by atoms with E-state index in [1.165, 1.54) is 0 Å². The number of amides is 1. The van der Waals surface area contributed by atoms with Gasteiger partial charge in [-0.15, -0.1) is 0 Å². The van der Waals surface area contributed by atoms with E-state index in [-0.39, 0.29) is 12.5 Å². The average molecular weight is 388 g/mol. The number of benzene rings is 2. The van der Waals surface area contributed by atoms with Crippen molar-refractivity contribution in [3.8, 4) is 5.75 Å². The highest BCUT2D eigenvalue weighted by Crippen LogP contribution is 2.21. The Balaban J connectivity index is 1.72. The maximum absolute atomic E-state index is 12.5. The Morgan fingerprint density at radius 3 is 2.67 bits per heavy atom. The topological polar surface area (TPSA) is 77.2 Å². The van der Waals surface area contributed by atoms with Crippen LogP contribution in [-0.2, 0) is 6.61 Å². The molecule has 6 nitrogen and oxygen atoms in total. The van der Waals surface area contributed by atoms with E-state index >= 15 is 0 Å². The van der Waals surface area contributed by atoms with Crippen LogP contribution in [0.5, 0.6) is 5.75 Å². The van der Waals surface area contributed by atoms with Gasteiger partial charge in [-0.3, -0.25) is 4.79 Å². The SMILES string of the molecule is Cc1nc(COc2ccccc2C(=O)Nc2ccc(Br)cc2)no1. The molecule has 0 unspecified atom stereocenters. The molecule has 0 atom stereocenters. The van der Waals surface area contributed by atoms with Gasteiger partial charge in [0.15, 0.2) is 6.61 Å². The Hall–Kier alpha value is -2.67. The van der Waals surface area contributed by atoms with Crippen molar-refractivity contribution < 1.29 is 14.1 Å². The molecule has 0 radical (unpaired) electrons. The summed E-state index contributed by atoms with van der Waals surface area (Å²) >= 11 is 3.36. The zero-order chi connectivity index (χ0) is 16.9. The largest absolute Gasteiger partial charge is 0.485 e. The van der Waals surface area contributed by atoms with Crippen LogP contribution in [0.4, 0.5) is 5.69 Å². The standard InChI is InChI=1S/C17H14BrN3O3/c1-11-19-16(21-24-11)10-23-15-5-3-2-4-14(15)17(22)20-13-8-6-12(18)7-9-13/h2-9H,10H2,1H3,(H,20,22). The number of anilines is 1. The minimum Gasteiger partial charge on any atom is -0.485 e. The van der Waals surface area contributed by atoms with Gasteiger partial charge in [-0.2, -0.15) is 4.98 Å². The molecular formula is C17H14BrN3O3. The molecule has 7 heteroatoms. The molecule has 122 valence electrons. The van der Waals surface area contributed by atoms with Crippen molar-refractivity contribution in [1.82, 2.24) is 10.1 Å². The number of para-hydroxylation sites is 1. The lowest BCUT2D eigenvalue weighted by atomic mass is 10.2. The van der Waals surface area contributed by atoms with Crippen LogP contribution in [-0.4, -0.2) is 16.0 Å². The highest BCUT2D eigenvalue weighted by atomic mass is 79.9. The van der Waals surface area contributed by atoms with Gasteiger partial charge in [0.25, 0.3) is 5.91 Å². The summed E-state index contributed by atoms with van der Waals surface area (Å²) in [7, 11) is 0. The van der Waals surface area contributed by atoms with Crippen LogP contribution in [0.2, 0.25) is 0 Å². The van der Waals surface area contributed by atoms with Gasteiger partial charge in [-0.1, -0.05) is 33.2 Å². The molecule has 1 N–H and O–H groups in total. The molecule has 1 heterocycles. The number of nitrogens with one attached hydrogen (secondary N) is 1. The number of carbonyl (C=O) groups excluding carboxylic acids is 1. The van der Waals surface area contributed by atoms with Gasteiger partial charge in [0.05, 0.1) is 5.56 Å². The number of carbonyl (C=O) groups is 1. The molecule has 0 aliphatic carbocycles. The monoisotopic (exact) mass is 387 g/mol. The number of aromatic nitrogens is 2. The quantitative estimate of drug-likeness (QED) is 0.716. The van der Waals surface area contributed by atoms with E-state index in [2.05, 4.69) is 31.4 Å². The smallest absolute Gasteiger partial charge is 0.259 e. The second-order valence-electron chi connectivity index (χ2n) is 4.98. The molecule has 0 fully saturated rings. The lowest BCUT2D eigenvalue weighted by Crippen LogP contribution is -2.13. The molecule has 1 aromatic heterocycles. The molecule has 0 aliphatic rings. The van der Waals surface area contributed by atoms with Crippen molar-refractivity contribution in [3.05, 3.63) is 70.3 Å². The number of halogens is 1. The van der Waals surface area contributed by atoms with Crippen LogP contribution in [0.1, 0.15) is 22.1 Å². The molecule has 0 saturated heterocycles. The third-order valence-electron chi connectivity index (χ3n) is 3.16. The highest BCUT2D eigenvalue weighted by Gasteiger charge is 2.13. The summed E-state index contributed by atoms with van der Waals surface area (Å²) in [4.78, 5) is 16.6. The second kappa shape index (κ2) is 7.27. The molecule has 0 spiro atoms. The molecular weight excluding hydrogens is 374 g/mol. The molecule has 1 amide bonds. The molecule has 2 aromatic carbocycles. The number of rotatable bonds is 5. The first-order chi connectivity index (χ1) is 11.6. The Bertz CT molecular complexity index is 846. The van der Waals surface area contributed by atoms with Crippen LogP contribution in [0, 0.1) is 6.92 Å². The molecule has 3 rings (SSSR count). The van der Waals surface area contributed by atoms with E-state index in [0.717, 1.165) is 4.47 Å². The first-order valence-corrected chi connectivity index (χ1v) is 7.99. The fourth-order valence-corrected chi connectivity index (χ4v) is 2.32. The molecule has 0 bridgehead atoms. The maximum atomic E-state index is 12.5. The Kier molecular flexibility index (Phi) is 4.90. The predicted octanol–water partition coefficient (Wildman–Crippen LogP) is 3.97. The van der Waals surface area contributed by atoms with Crippen molar-refractivity contribution in [2.75, 3.05) is 5.32 Å². The number of nitrogens with zero attached hydrogens (tertiary/aromatic N) is 2. The van der Waals surface area contributed by atoms with Crippen molar-refractivity contribution in [2.24, 2.45) is 0 Å². The summed E-state index contributed by atoms with van der Waals surface area (Å²) in [5.74, 6) is 1.09. The highest BCUT2D eigenvalue weighted by molar-refractivity contribution is 9.10. The zero-order valence-electron chi connectivity index (χ0n) is 12.8. The third-order valence-corrected chi connectivity index (χ3v) is 3.69. The first kappa shape index (κ1) is 16.2. The van der Waals surface area contributed by atoms with E-state index in [9.17, 15) is 4.79 Å². The molecule has 0 saturated carbocycles. The fraction of sp³-hybridized carbons (Fsp3) is 0.118. The van der Waals surface area contributed by atoms with Crippen LogP contribution in [0.3, 0.4) is 0 Å². The minimum atomic E-state index is -0.253. The van der Waals surface area contributed by atoms with Gasteiger partial charge < -0.3 is 14.6 Å². The minimum absolute atomic E-state index is 0.125. The van der Waals surface area contributed by atoms with Crippen molar-refractivity contribution in [1.29, 1.82) is 0 Å². The molecule has 0 aliphatic heterocycles. The summed E-state index contributed by atoms with van der Waals surface area (Å²) in [6.45, 7) is 1.83. The van der Waals surface area contributed by atoms with Gasteiger partial charge in [0.2, 0.25) is 11.7 Å². The lowest BCUT2D eigenvalue weighted by Gasteiger charge is -2.10. The van der Waals surface area contributed by atoms with Crippen LogP contribution in [0.25, 0.3) is 0 Å². The summed E-state index contributed by atoms with van der Waals surface area (Å²) in [6, 6.07) is 14.3. The number of hydrogen-bond acceptors (Lipinski definition) is 5. The van der Waals surface area contributed by atoms with Crippen LogP contribution < -0.4 is 10.1 Å². The number of aryl methyl sites for hydroxylation is 1. The summed E-state index contributed by atoms with van der Waals surface area (Å²) in [5.41, 5.74) is 1.13. The van der Waals surface area contributed by atoms with E-state index in [1.807, 2.05) is 24.3 Å². The van der Waals surface area contributed by atoms with Gasteiger partial charge >= 0.3 is 0 Å². The van der Waals surface area contributed by atoms with Crippen molar-refractivity contribution in [3.63, 3.8) is 0 Å². The predicted molar refractivity (Wildman–Crippen MR) is 91.9 cm³/mol. The van der Waals surface area contributed by atoms with Gasteiger partial charge in [-0.05, 0) is 36.4 Å². The zero-order valence-corrected chi connectivity index (χ0v) is 14.4. The average Bonchev–Trinajstić information content (AvgIpc) is 3.01. The number of hydrogen-bond donors (Lipinski definition) is 1. The Morgan fingerprint density at radius 1 is 1.21 bits per heavy atom. The Labute approximate surface area is 147 Å². The van der Waals surface area contributed by atoms with Crippen molar-refractivity contribution >= 4 is 27.5 Å². The fourth-order valence-electron chi connectivity index (χ4n) is 2.05. The van der Waals surface area contributed by atoms with Gasteiger partial charge in [0, 0.05) is 17.1 Å². The summed E-state index contributed by atoms with van der Waals surface area (Å²) in [6.07, 6.45) is 0. The lowest BCUT2D eigenvalue weighted by molar-refractivity contribution is 0.102. The van der Waals surface area contributed by atoms with Crippen LogP contribution in [0.15, 0.2) is 57.5 Å². The Morgan fingerprint density at radius 2 is 1.96 bits per heavy atom. The number of ether oxygens (including phenoxy) is 1. The molecule has 3 aromatic rings. The van der Waals surface area contributed by atoms with E-state index in [4.69, 9.17) is 9.26 Å². The van der Waals surface area contributed by atoms with Gasteiger partial charge in [0.1, 0.15) is 5.75 Å². The first-order valence-electron chi connectivity index (χ1n) is 7.20. The second-order valence-corrected chi connectivity index (χ2v) is 5.89. The summed E-state index contributed by atoms with van der Waals surface area (Å²) in [5, 5.41) is 6.60. The van der Waals surface area contributed by atoms with E-state index < -0.39 is 0 Å². The van der Waals surface area contributed by atoms with E-state index in [0.29, 0.717) is 28.7 Å². The third kappa shape index (κ3) is 3.99. The summed E-state index contributed by atoms with van der Waals surface area (Å²) < 4.78 is 11.5. The van der Waals surface area contributed by atoms with E-state index in [1.54, 1.807) is 31.2 Å². The van der Waals surface area contributed by atoms with Crippen LogP contribution >= 0.6 is 15.9 Å². The normalized spacial score (nSPS) is 10.4. The molecule has 24 heavy (non-hydrogen) atoms. The maximum Gasteiger partial charge on any atom is 0.259 e. The van der Waals surface area contributed by atoms with Crippen molar-refractivity contribution in [2.45, 2.75) is 13.5 Å².